The molecule has 1 aliphatic carbocycles. The molecule has 192 valence electrons. The van der Waals surface area contributed by atoms with Crippen LogP contribution in [0.4, 0.5) is 13.6 Å². The monoisotopic (exact) mass is 505 g/mol. The highest BCUT2D eigenvalue weighted by Crippen LogP contribution is 2.47. The van der Waals surface area contributed by atoms with Gasteiger partial charge in [-0.2, -0.15) is 0 Å². The zero-order valence-electron chi connectivity index (χ0n) is 20.6. The van der Waals surface area contributed by atoms with E-state index in [9.17, 15) is 18.7 Å². The Kier molecular flexibility index (Phi) is 5.91. The van der Waals surface area contributed by atoms with E-state index in [2.05, 4.69) is 24.3 Å². The average molecular weight is 506 g/mol. The van der Waals surface area contributed by atoms with Crippen LogP contribution in [0.25, 0.3) is 11.1 Å². The molecule has 5 nitrogen and oxygen atoms in total. The first-order chi connectivity index (χ1) is 17.9. The lowest BCUT2D eigenvalue weighted by atomic mass is 9.72. The lowest BCUT2D eigenvalue weighted by Crippen LogP contribution is -2.59. The fourth-order valence-corrected chi connectivity index (χ4v) is 6.66. The molecule has 2 heterocycles. The summed E-state index contributed by atoms with van der Waals surface area (Å²) in [6.45, 7) is 0.224. The Bertz CT molecular complexity index is 1280. The zero-order chi connectivity index (χ0) is 25.7. The number of piperidine rings is 2. The number of ether oxygens (including phenoxy) is 2. The predicted octanol–water partition coefficient (Wildman–Crippen LogP) is 6.13. The van der Waals surface area contributed by atoms with E-state index in [0.717, 1.165) is 40.8 Å². The van der Waals surface area contributed by atoms with E-state index in [1.54, 1.807) is 4.90 Å². The van der Waals surface area contributed by atoms with E-state index in [1.165, 1.54) is 7.11 Å². The van der Waals surface area contributed by atoms with Gasteiger partial charge in [0.25, 0.3) is 0 Å². The molecule has 1 amide bonds. The second-order valence-corrected chi connectivity index (χ2v) is 10.4. The molecule has 2 saturated heterocycles. The Morgan fingerprint density at radius 2 is 1.51 bits per heavy atom. The van der Waals surface area contributed by atoms with E-state index in [4.69, 9.17) is 9.47 Å². The number of amides is 1. The molecule has 3 aromatic rings. The quantitative estimate of drug-likeness (QED) is 0.464. The van der Waals surface area contributed by atoms with Gasteiger partial charge in [-0.15, -0.1) is 0 Å². The normalized spacial score (nSPS) is 24.4. The van der Waals surface area contributed by atoms with Gasteiger partial charge in [0.05, 0.1) is 12.7 Å². The Morgan fingerprint density at radius 1 is 0.973 bits per heavy atom. The van der Waals surface area contributed by atoms with Crippen LogP contribution in [0.3, 0.4) is 0 Å². The smallest absolute Gasteiger partial charge is 0.410 e. The van der Waals surface area contributed by atoms with Crippen LogP contribution in [0.2, 0.25) is 0 Å². The summed E-state index contributed by atoms with van der Waals surface area (Å²) in [6.07, 6.45) is 2.31. The SMILES string of the molecule is COc1c(F)cc(C2(O)CC3CCCC(C2)N3C(=O)OCC2c3ccccc3-c3ccccc32)cc1F. The van der Waals surface area contributed by atoms with Crippen LogP contribution in [0.1, 0.15) is 54.7 Å². The van der Waals surface area contributed by atoms with Crippen LogP contribution in [0.5, 0.6) is 5.75 Å². The molecule has 2 bridgehead atoms. The first-order valence-electron chi connectivity index (χ1n) is 12.8. The summed E-state index contributed by atoms with van der Waals surface area (Å²) in [7, 11) is 1.20. The highest BCUT2D eigenvalue weighted by molar-refractivity contribution is 5.79. The van der Waals surface area contributed by atoms with Crippen LogP contribution < -0.4 is 4.74 Å². The van der Waals surface area contributed by atoms with Crippen molar-refractivity contribution in [2.45, 2.75) is 55.7 Å². The summed E-state index contributed by atoms with van der Waals surface area (Å²) in [4.78, 5) is 15.2. The van der Waals surface area contributed by atoms with Crippen molar-refractivity contribution < 1.29 is 28.2 Å². The Morgan fingerprint density at radius 3 is 2.05 bits per heavy atom. The first kappa shape index (κ1) is 23.9. The number of hydrogen-bond acceptors (Lipinski definition) is 4. The van der Waals surface area contributed by atoms with Crippen molar-refractivity contribution in [3.63, 3.8) is 0 Å². The molecule has 0 aromatic heterocycles. The molecule has 2 unspecified atom stereocenters. The van der Waals surface area contributed by atoms with Gasteiger partial charge in [0.2, 0.25) is 0 Å². The second-order valence-electron chi connectivity index (χ2n) is 10.4. The van der Waals surface area contributed by atoms with E-state index in [-0.39, 0.29) is 43.0 Å². The molecule has 2 aliphatic heterocycles. The summed E-state index contributed by atoms with van der Waals surface area (Å²) in [5.41, 5.74) is 3.36. The Hall–Kier alpha value is -3.45. The van der Waals surface area contributed by atoms with Gasteiger partial charge in [-0.3, -0.25) is 0 Å². The van der Waals surface area contributed by atoms with Crippen molar-refractivity contribution in [1.29, 1.82) is 0 Å². The lowest BCUT2D eigenvalue weighted by Gasteiger charge is -2.51. The fourth-order valence-electron chi connectivity index (χ4n) is 6.66. The molecule has 7 heteroatoms. The van der Waals surface area contributed by atoms with E-state index in [1.807, 2.05) is 24.3 Å². The Labute approximate surface area is 214 Å². The minimum atomic E-state index is -1.44. The number of aliphatic hydroxyl groups is 1. The molecule has 3 aliphatic rings. The summed E-state index contributed by atoms with van der Waals surface area (Å²) in [5.74, 6) is -2.21. The highest BCUT2D eigenvalue weighted by atomic mass is 19.1. The molecular weight excluding hydrogens is 476 g/mol. The van der Waals surface area contributed by atoms with E-state index >= 15 is 0 Å². The molecule has 0 radical (unpaired) electrons. The van der Waals surface area contributed by atoms with Crippen molar-refractivity contribution in [3.8, 4) is 16.9 Å². The third-order valence-corrected chi connectivity index (χ3v) is 8.29. The van der Waals surface area contributed by atoms with E-state index < -0.39 is 29.1 Å². The maximum atomic E-state index is 14.4. The fraction of sp³-hybridized carbons (Fsp3) is 0.367. The standard InChI is InChI=1S/C30H29F2NO4/c1-36-28-26(31)13-18(14-27(28)32)30(35)15-19-7-6-8-20(16-30)33(19)29(34)37-17-25-23-11-4-2-9-21(23)22-10-3-5-12-24(22)25/h2-5,9-14,19-20,25,35H,6-8,15-17H2,1H3. The molecule has 37 heavy (non-hydrogen) atoms. The summed E-state index contributed by atoms with van der Waals surface area (Å²) in [5, 5.41) is 11.5. The van der Waals surface area contributed by atoms with Crippen molar-refractivity contribution in [2.24, 2.45) is 0 Å². The maximum absolute atomic E-state index is 14.4. The number of methoxy groups -OCH3 is 1. The van der Waals surface area contributed by atoms with Crippen LogP contribution in [-0.2, 0) is 10.3 Å². The number of hydrogen-bond donors (Lipinski definition) is 1. The largest absolute Gasteiger partial charge is 0.491 e. The van der Waals surface area contributed by atoms with Crippen molar-refractivity contribution in [2.75, 3.05) is 13.7 Å². The third-order valence-electron chi connectivity index (χ3n) is 8.29. The van der Waals surface area contributed by atoms with Gasteiger partial charge in [0, 0.05) is 30.8 Å². The first-order valence-corrected chi connectivity index (χ1v) is 12.8. The van der Waals surface area contributed by atoms with Crippen molar-refractivity contribution >= 4 is 6.09 Å². The predicted molar refractivity (Wildman–Crippen MR) is 134 cm³/mol. The van der Waals surface area contributed by atoms with Gasteiger partial charge in [0.15, 0.2) is 17.4 Å². The molecule has 0 spiro atoms. The lowest BCUT2D eigenvalue weighted by molar-refractivity contribution is -0.0893. The van der Waals surface area contributed by atoms with Crippen molar-refractivity contribution in [1.82, 2.24) is 4.90 Å². The minimum Gasteiger partial charge on any atom is -0.491 e. The third kappa shape index (κ3) is 3.96. The number of halogens is 2. The van der Waals surface area contributed by atoms with Crippen LogP contribution in [0, 0.1) is 11.6 Å². The van der Waals surface area contributed by atoms with Gasteiger partial charge >= 0.3 is 6.09 Å². The molecule has 2 fully saturated rings. The summed E-state index contributed by atoms with van der Waals surface area (Å²) >= 11 is 0. The molecule has 2 atom stereocenters. The minimum absolute atomic E-state index is 0.0387. The van der Waals surface area contributed by atoms with Crippen LogP contribution >= 0.6 is 0 Å². The molecule has 0 saturated carbocycles. The number of carbonyl (C=O) groups is 1. The molecular formula is C30H29F2NO4. The van der Waals surface area contributed by atoms with Gasteiger partial charge in [-0.1, -0.05) is 48.5 Å². The van der Waals surface area contributed by atoms with Gasteiger partial charge in [0.1, 0.15) is 6.61 Å². The Balaban J connectivity index is 1.21. The topological polar surface area (TPSA) is 59.0 Å². The maximum Gasteiger partial charge on any atom is 0.410 e. The summed E-state index contributed by atoms with van der Waals surface area (Å²) < 4.78 is 39.6. The van der Waals surface area contributed by atoms with Gasteiger partial charge < -0.3 is 19.5 Å². The molecule has 1 N–H and O–H groups in total. The van der Waals surface area contributed by atoms with Crippen LogP contribution in [-0.4, -0.2) is 41.9 Å². The highest BCUT2D eigenvalue weighted by Gasteiger charge is 2.49. The number of benzene rings is 3. The van der Waals surface area contributed by atoms with E-state index in [0.29, 0.717) is 12.8 Å². The molecule has 6 rings (SSSR count). The molecule has 3 aromatic carbocycles. The number of nitrogens with zero attached hydrogens (tertiary/aromatic N) is 1. The number of rotatable bonds is 4. The number of carbonyl (C=O) groups excluding carboxylic acids is 1. The summed E-state index contributed by atoms with van der Waals surface area (Å²) in [6, 6.07) is 18.1. The average Bonchev–Trinajstić information content (AvgIpc) is 3.20. The van der Waals surface area contributed by atoms with Gasteiger partial charge in [-0.25, -0.2) is 13.6 Å². The van der Waals surface area contributed by atoms with Gasteiger partial charge in [-0.05, 0) is 59.2 Å². The zero-order valence-corrected chi connectivity index (χ0v) is 20.6. The van der Waals surface area contributed by atoms with Crippen LogP contribution in [0.15, 0.2) is 60.7 Å². The van der Waals surface area contributed by atoms with Crippen molar-refractivity contribution in [3.05, 3.63) is 89.0 Å². The second kappa shape index (κ2) is 9.14. The number of fused-ring (bicyclic) bond motifs is 5.